The van der Waals surface area contributed by atoms with Crippen molar-refractivity contribution in [2.24, 2.45) is 7.05 Å². The number of aromatic nitrogens is 2. The molecule has 0 aliphatic carbocycles. The van der Waals surface area contributed by atoms with Gasteiger partial charge in [-0.1, -0.05) is 0 Å². The standard InChI is InChI=1S/C13H15N3OS/c1-16-5-3-9(6-12(16)17)11-8-18-13(15-11)10-2-4-14-7-10/h3,5-6,8,10,14H,2,4,7H2,1H3. The van der Waals surface area contributed by atoms with Gasteiger partial charge in [0, 0.05) is 42.7 Å². The summed E-state index contributed by atoms with van der Waals surface area (Å²) in [5.74, 6) is 0.537. The van der Waals surface area contributed by atoms with E-state index in [1.54, 1.807) is 35.2 Å². The van der Waals surface area contributed by atoms with Crippen LogP contribution in [0.5, 0.6) is 0 Å². The summed E-state index contributed by atoms with van der Waals surface area (Å²) in [5, 5.41) is 6.57. The van der Waals surface area contributed by atoms with Crippen molar-refractivity contribution in [1.29, 1.82) is 0 Å². The molecule has 1 N–H and O–H groups in total. The lowest BCUT2D eigenvalue weighted by Gasteiger charge is -2.02. The molecule has 0 spiro atoms. The fourth-order valence-electron chi connectivity index (χ4n) is 2.18. The van der Waals surface area contributed by atoms with Gasteiger partial charge in [0.2, 0.25) is 0 Å². The molecule has 5 heteroatoms. The Morgan fingerprint density at radius 1 is 1.56 bits per heavy atom. The summed E-state index contributed by atoms with van der Waals surface area (Å²) in [6, 6.07) is 3.58. The monoisotopic (exact) mass is 261 g/mol. The molecule has 94 valence electrons. The molecule has 2 aromatic heterocycles. The zero-order valence-corrected chi connectivity index (χ0v) is 11.0. The van der Waals surface area contributed by atoms with Crippen molar-refractivity contribution in [3.63, 3.8) is 0 Å². The van der Waals surface area contributed by atoms with Gasteiger partial charge in [0.25, 0.3) is 5.56 Å². The fourth-order valence-corrected chi connectivity index (χ4v) is 3.15. The van der Waals surface area contributed by atoms with Gasteiger partial charge in [-0.05, 0) is 19.0 Å². The second-order valence-corrected chi connectivity index (χ2v) is 5.51. The molecule has 18 heavy (non-hydrogen) atoms. The second kappa shape index (κ2) is 4.66. The number of hydrogen-bond donors (Lipinski definition) is 1. The molecule has 1 aliphatic rings. The van der Waals surface area contributed by atoms with E-state index in [1.807, 2.05) is 11.4 Å². The predicted octanol–water partition coefficient (Wildman–Crippen LogP) is 1.59. The first kappa shape index (κ1) is 11.6. The largest absolute Gasteiger partial charge is 0.319 e. The van der Waals surface area contributed by atoms with Crippen LogP contribution >= 0.6 is 11.3 Å². The number of pyridine rings is 1. The Kier molecular flexibility index (Phi) is 3.01. The highest BCUT2D eigenvalue weighted by Crippen LogP contribution is 2.28. The lowest BCUT2D eigenvalue weighted by atomic mass is 10.1. The van der Waals surface area contributed by atoms with Gasteiger partial charge in [-0.3, -0.25) is 4.79 Å². The summed E-state index contributed by atoms with van der Waals surface area (Å²) in [6.45, 7) is 2.09. The van der Waals surface area contributed by atoms with Crippen molar-refractivity contribution < 1.29 is 0 Å². The third kappa shape index (κ3) is 2.11. The van der Waals surface area contributed by atoms with Crippen LogP contribution in [0.15, 0.2) is 28.5 Å². The van der Waals surface area contributed by atoms with Crippen LogP contribution in [0.1, 0.15) is 17.3 Å². The average molecular weight is 261 g/mol. The van der Waals surface area contributed by atoms with Crippen molar-refractivity contribution in [1.82, 2.24) is 14.9 Å². The molecule has 1 atom stereocenters. The SMILES string of the molecule is Cn1ccc(-c2csc(C3CCNC3)n2)cc1=O. The van der Waals surface area contributed by atoms with Gasteiger partial charge in [0.15, 0.2) is 0 Å². The minimum Gasteiger partial charge on any atom is -0.319 e. The Hall–Kier alpha value is -1.46. The normalized spacial score (nSPS) is 19.3. The molecular formula is C13H15N3OS. The Balaban J connectivity index is 1.92. The van der Waals surface area contributed by atoms with Gasteiger partial charge >= 0.3 is 0 Å². The highest BCUT2D eigenvalue weighted by molar-refractivity contribution is 7.10. The molecule has 0 saturated carbocycles. The van der Waals surface area contributed by atoms with E-state index in [2.05, 4.69) is 10.3 Å². The number of nitrogens with zero attached hydrogens (tertiary/aromatic N) is 2. The van der Waals surface area contributed by atoms with Crippen molar-refractivity contribution in [2.45, 2.75) is 12.3 Å². The second-order valence-electron chi connectivity index (χ2n) is 4.63. The fraction of sp³-hybridized carbons (Fsp3) is 0.385. The van der Waals surface area contributed by atoms with Crippen LogP contribution in [0.2, 0.25) is 0 Å². The lowest BCUT2D eigenvalue weighted by Crippen LogP contribution is -2.14. The molecule has 1 saturated heterocycles. The predicted molar refractivity (Wildman–Crippen MR) is 73.0 cm³/mol. The van der Waals surface area contributed by atoms with Crippen molar-refractivity contribution in [3.05, 3.63) is 39.1 Å². The molecule has 3 heterocycles. The summed E-state index contributed by atoms with van der Waals surface area (Å²) in [7, 11) is 1.75. The Bertz CT molecular complexity index is 611. The van der Waals surface area contributed by atoms with Crippen molar-refractivity contribution >= 4 is 11.3 Å². The summed E-state index contributed by atoms with van der Waals surface area (Å²) in [6.07, 6.45) is 2.94. The van der Waals surface area contributed by atoms with Gasteiger partial charge in [-0.15, -0.1) is 11.3 Å². The van der Waals surface area contributed by atoms with E-state index in [4.69, 9.17) is 0 Å². The van der Waals surface area contributed by atoms with Gasteiger partial charge in [0.05, 0.1) is 10.7 Å². The van der Waals surface area contributed by atoms with Gasteiger partial charge in [-0.25, -0.2) is 4.98 Å². The molecule has 0 bridgehead atoms. The van der Waals surface area contributed by atoms with Crippen LogP contribution in [-0.4, -0.2) is 22.6 Å². The minimum absolute atomic E-state index is 0.00424. The summed E-state index contributed by atoms with van der Waals surface area (Å²) >= 11 is 1.69. The van der Waals surface area contributed by atoms with Gasteiger partial charge in [-0.2, -0.15) is 0 Å². The van der Waals surface area contributed by atoms with E-state index >= 15 is 0 Å². The third-order valence-corrected chi connectivity index (χ3v) is 4.34. The van der Waals surface area contributed by atoms with Crippen LogP contribution in [0.4, 0.5) is 0 Å². The third-order valence-electron chi connectivity index (χ3n) is 3.33. The number of rotatable bonds is 2. The molecule has 0 radical (unpaired) electrons. The molecule has 0 amide bonds. The van der Waals surface area contributed by atoms with Gasteiger partial charge < -0.3 is 9.88 Å². The highest BCUT2D eigenvalue weighted by atomic mass is 32.1. The maximum atomic E-state index is 11.6. The van der Waals surface area contributed by atoms with Gasteiger partial charge in [0.1, 0.15) is 0 Å². The van der Waals surface area contributed by atoms with E-state index in [-0.39, 0.29) is 5.56 Å². The number of thiazole rings is 1. The molecule has 3 rings (SSSR count). The van der Waals surface area contributed by atoms with E-state index in [1.165, 1.54) is 5.01 Å². The molecular weight excluding hydrogens is 246 g/mol. The topological polar surface area (TPSA) is 46.9 Å². The maximum absolute atomic E-state index is 11.6. The van der Waals surface area contributed by atoms with Crippen LogP contribution in [0.3, 0.4) is 0 Å². The van der Waals surface area contributed by atoms with Crippen LogP contribution in [-0.2, 0) is 7.05 Å². The minimum atomic E-state index is 0.00424. The Morgan fingerprint density at radius 2 is 2.44 bits per heavy atom. The number of aryl methyl sites for hydroxylation is 1. The summed E-state index contributed by atoms with van der Waals surface area (Å²) in [4.78, 5) is 16.3. The molecule has 0 aromatic carbocycles. The Morgan fingerprint density at radius 3 is 3.17 bits per heavy atom. The van der Waals surface area contributed by atoms with E-state index < -0.39 is 0 Å². The first-order valence-electron chi connectivity index (χ1n) is 6.07. The number of nitrogens with one attached hydrogen (secondary N) is 1. The molecule has 4 nitrogen and oxygen atoms in total. The molecule has 1 unspecified atom stereocenters. The first-order valence-corrected chi connectivity index (χ1v) is 6.95. The van der Waals surface area contributed by atoms with E-state index in [0.29, 0.717) is 5.92 Å². The smallest absolute Gasteiger partial charge is 0.250 e. The zero-order valence-electron chi connectivity index (χ0n) is 10.2. The lowest BCUT2D eigenvalue weighted by molar-refractivity contribution is 0.756. The summed E-state index contributed by atoms with van der Waals surface area (Å²) < 4.78 is 1.57. The Labute approximate surface area is 109 Å². The zero-order chi connectivity index (χ0) is 12.5. The summed E-state index contributed by atoms with van der Waals surface area (Å²) in [5.41, 5.74) is 1.83. The molecule has 2 aromatic rings. The number of hydrogen-bond acceptors (Lipinski definition) is 4. The molecule has 1 fully saturated rings. The van der Waals surface area contributed by atoms with E-state index in [0.717, 1.165) is 30.8 Å². The van der Waals surface area contributed by atoms with Crippen LogP contribution in [0.25, 0.3) is 11.3 Å². The quantitative estimate of drug-likeness (QED) is 0.893. The average Bonchev–Trinajstić information content (AvgIpc) is 3.01. The maximum Gasteiger partial charge on any atom is 0.250 e. The van der Waals surface area contributed by atoms with Crippen LogP contribution < -0.4 is 10.9 Å². The highest BCUT2D eigenvalue weighted by Gasteiger charge is 2.20. The van der Waals surface area contributed by atoms with E-state index in [9.17, 15) is 4.79 Å². The van der Waals surface area contributed by atoms with Crippen molar-refractivity contribution in [3.8, 4) is 11.3 Å². The molecule has 1 aliphatic heterocycles. The first-order chi connectivity index (χ1) is 8.74. The van der Waals surface area contributed by atoms with Crippen molar-refractivity contribution in [2.75, 3.05) is 13.1 Å². The van der Waals surface area contributed by atoms with Crippen LogP contribution in [0, 0.1) is 0 Å².